The summed E-state index contributed by atoms with van der Waals surface area (Å²) in [7, 11) is 0. The Bertz CT molecular complexity index is 854. The van der Waals surface area contributed by atoms with Gasteiger partial charge in [0.25, 0.3) is 5.56 Å². The molecule has 0 spiro atoms. The number of nitrogens with one attached hydrogen (secondary N) is 1. The van der Waals surface area contributed by atoms with Crippen molar-refractivity contribution in [1.29, 1.82) is 0 Å². The molecule has 7 heteroatoms. The van der Waals surface area contributed by atoms with Crippen LogP contribution in [0.3, 0.4) is 0 Å². The molecule has 0 amide bonds. The SMILES string of the molecule is O=c1ccn(-c2cnc(Oc3ccccc3)nc2)c(=O)[nH]1. The predicted molar refractivity (Wildman–Crippen MR) is 74.8 cm³/mol. The van der Waals surface area contributed by atoms with Crippen molar-refractivity contribution < 1.29 is 4.74 Å². The molecule has 21 heavy (non-hydrogen) atoms. The van der Waals surface area contributed by atoms with E-state index in [0.717, 1.165) is 0 Å². The van der Waals surface area contributed by atoms with Crippen molar-refractivity contribution in [3.05, 3.63) is 75.8 Å². The van der Waals surface area contributed by atoms with Gasteiger partial charge in [0.05, 0.1) is 18.1 Å². The highest BCUT2D eigenvalue weighted by Gasteiger charge is 2.04. The molecule has 0 atom stereocenters. The average molecular weight is 282 g/mol. The molecule has 3 rings (SSSR count). The van der Waals surface area contributed by atoms with Gasteiger partial charge >= 0.3 is 11.7 Å². The van der Waals surface area contributed by atoms with Gasteiger partial charge in [-0.3, -0.25) is 14.3 Å². The van der Waals surface area contributed by atoms with Crippen molar-refractivity contribution in [2.24, 2.45) is 0 Å². The van der Waals surface area contributed by atoms with Gasteiger partial charge in [0.2, 0.25) is 0 Å². The normalized spacial score (nSPS) is 10.3. The van der Waals surface area contributed by atoms with Crippen LogP contribution >= 0.6 is 0 Å². The molecule has 2 aromatic heterocycles. The van der Waals surface area contributed by atoms with Crippen molar-refractivity contribution in [2.45, 2.75) is 0 Å². The highest BCUT2D eigenvalue weighted by Crippen LogP contribution is 2.16. The monoisotopic (exact) mass is 282 g/mol. The lowest BCUT2D eigenvalue weighted by Gasteiger charge is -2.05. The standard InChI is InChI=1S/C14H10N4O3/c19-12-6-7-18(14(20)17-12)10-8-15-13(16-9-10)21-11-4-2-1-3-5-11/h1-9H,(H,17,19,20). The fourth-order valence-electron chi connectivity index (χ4n) is 1.70. The molecule has 2 heterocycles. The van der Waals surface area contributed by atoms with Crippen LogP contribution in [0.5, 0.6) is 11.8 Å². The van der Waals surface area contributed by atoms with Gasteiger partial charge in [-0.15, -0.1) is 0 Å². The third kappa shape index (κ3) is 2.86. The van der Waals surface area contributed by atoms with Gasteiger partial charge in [-0.25, -0.2) is 14.8 Å². The molecule has 0 aliphatic heterocycles. The number of aromatic nitrogens is 4. The zero-order chi connectivity index (χ0) is 14.7. The molecular formula is C14H10N4O3. The Hall–Kier alpha value is -3.22. The maximum atomic E-state index is 11.6. The molecule has 1 N–H and O–H groups in total. The first-order valence-electron chi connectivity index (χ1n) is 6.10. The minimum Gasteiger partial charge on any atom is -0.424 e. The second-order valence-corrected chi connectivity index (χ2v) is 4.12. The van der Waals surface area contributed by atoms with E-state index in [-0.39, 0.29) is 6.01 Å². The number of rotatable bonds is 3. The Labute approximate surface area is 118 Å². The predicted octanol–water partition coefficient (Wildman–Crippen LogP) is 1.11. The number of para-hydroxylation sites is 1. The molecule has 1 aromatic carbocycles. The maximum absolute atomic E-state index is 11.6. The van der Waals surface area contributed by atoms with Gasteiger partial charge in [0, 0.05) is 12.3 Å². The van der Waals surface area contributed by atoms with Crippen molar-refractivity contribution in [2.75, 3.05) is 0 Å². The summed E-state index contributed by atoms with van der Waals surface area (Å²) in [6.45, 7) is 0. The quantitative estimate of drug-likeness (QED) is 0.777. The summed E-state index contributed by atoms with van der Waals surface area (Å²) < 4.78 is 6.68. The van der Waals surface area contributed by atoms with Crippen molar-refractivity contribution >= 4 is 0 Å². The van der Waals surface area contributed by atoms with E-state index in [1.165, 1.54) is 29.2 Å². The largest absolute Gasteiger partial charge is 0.424 e. The van der Waals surface area contributed by atoms with Crippen LogP contribution in [-0.4, -0.2) is 19.5 Å². The van der Waals surface area contributed by atoms with Crippen LogP contribution in [0, 0.1) is 0 Å². The number of H-pyrrole nitrogens is 1. The minimum absolute atomic E-state index is 0.169. The molecule has 0 saturated carbocycles. The molecule has 0 radical (unpaired) electrons. The zero-order valence-corrected chi connectivity index (χ0v) is 10.8. The topological polar surface area (TPSA) is 89.9 Å². The van der Waals surface area contributed by atoms with E-state index in [4.69, 9.17) is 4.74 Å². The van der Waals surface area contributed by atoms with Gasteiger partial charge in [0.15, 0.2) is 0 Å². The highest BCUT2D eigenvalue weighted by atomic mass is 16.5. The molecule has 7 nitrogen and oxygen atoms in total. The second kappa shape index (κ2) is 5.41. The first kappa shape index (κ1) is 12.8. The van der Waals surface area contributed by atoms with Gasteiger partial charge in [-0.05, 0) is 12.1 Å². The molecule has 104 valence electrons. The first-order chi connectivity index (χ1) is 10.2. The number of benzene rings is 1. The molecule has 0 aliphatic carbocycles. The molecule has 0 aliphatic rings. The van der Waals surface area contributed by atoms with E-state index < -0.39 is 11.2 Å². The van der Waals surface area contributed by atoms with E-state index >= 15 is 0 Å². The van der Waals surface area contributed by atoms with Crippen molar-refractivity contribution in [3.8, 4) is 17.4 Å². The number of hydrogen-bond donors (Lipinski definition) is 1. The Kier molecular flexibility index (Phi) is 3.30. The number of ether oxygens (including phenoxy) is 1. The van der Waals surface area contributed by atoms with Crippen LogP contribution in [-0.2, 0) is 0 Å². The van der Waals surface area contributed by atoms with Crippen molar-refractivity contribution in [3.63, 3.8) is 0 Å². The fraction of sp³-hybridized carbons (Fsp3) is 0. The summed E-state index contributed by atoms with van der Waals surface area (Å²) in [4.78, 5) is 32.9. The lowest BCUT2D eigenvalue weighted by molar-refractivity contribution is 0.441. The van der Waals surface area contributed by atoms with Crippen LogP contribution in [0.2, 0.25) is 0 Å². The zero-order valence-electron chi connectivity index (χ0n) is 10.8. The van der Waals surface area contributed by atoms with Crippen LogP contribution in [0.25, 0.3) is 5.69 Å². The maximum Gasteiger partial charge on any atom is 0.333 e. The van der Waals surface area contributed by atoms with E-state index in [1.807, 2.05) is 18.2 Å². The summed E-state index contributed by atoms with van der Waals surface area (Å²) in [5.74, 6) is 0.617. The second-order valence-electron chi connectivity index (χ2n) is 4.12. The molecule has 0 fully saturated rings. The summed E-state index contributed by atoms with van der Waals surface area (Å²) in [5.41, 5.74) is -0.583. The Morgan fingerprint density at radius 3 is 2.38 bits per heavy atom. The average Bonchev–Trinajstić information content (AvgIpc) is 2.49. The third-order valence-electron chi connectivity index (χ3n) is 2.67. The van der Waals surface area contributed by atoms with Crippen LogP contribution in [0.4, 0.5) is 0 Å². The molecule has 3 aromatic rings. The number of nitrogens with zero attached hydrogens (tertiary/aromatic N) is 3. The van der Waals surface area contributed by atoms with Crippen LogP contribution in [0.1, 0.15) is 0 Å². The van der Waals surface area contributed by atoms with E-state index in [2.05, 4.69) is 15.0 Å². The summed E-state index contributed by atoms with van der Waals surface area (Å²) >= 11 is 0. The van der Waals surface area contributed by atoms with E-state index in [0.29, 0.717) is 11.4 Å². The van der Waals surface area contributed by atoms with E-state index in [9.17, 15) is 9.59 Å². The van der Waals surface area contributed by atoms with Crippen LogP contribution < -0.4 is 16.0 Å². The third-order valence-corrected chi connectivity index (χ3v) is 2.67. The molecule has 0 saturated heterocycles. The smallest absolute Gasteiger partial charge is 0.333 e. The lowest BCUT2D eigenvalue weighted by Crippen LogP contribution is -2.27. The Morgan fingerprint density at radius 2 is 1.71 bits per heavy atom. The van der Waals surface area contributed by atoms with Gasteiger partial charge in [0.1, 0.15) is 5.75 Å². The Morgan fingerprint density at radius 1 is 1.00 bits per heavy atom. The van der Waals surface area contributed by atoms with Gasteiger partial charge in [-0.2, -0.15) is 0 Å². The minimum atomic E-state index is -0.553. The number of aromatic amines is 1. The molecule has 0 unspecified atom stereocenters. The Balaban J connectivity index is 1.87. The number of hydrogen-bond acceptors (Lipinski definition) is 5. The summed E-state index contributed by atoms with van der Waals surface area (Å²) in [5, 5.41) is 0. The van der Waals surface area contributed by atoms with Gasteiger partial charge in [-0.1, -0.05) is 18.2 Å². The molecular weight excluding hydrogens is 272 g/mol. The van der Waals surface area contributed by atoms with E-state index in [1.54, 1.807) is 12.1 Å². The fourth-order valence-corrected chi connectivity index (χ4v) is 1.70. The summed E-state index contributed by atoms with van der Waals surface area (Å²) in [6, 6.07) is 10.5. The van der Waals surface area contributed by atoms with Crippen molar-refractivity contribution in [1.82, 2.24) is 19.5 Å². The van der Waals surface area contributed by atoms with Crippen LogP contribution in [0.15, 0.2) is 64.6 Å². The lowest BCUT2D eigenvalue weighted by atomic mass is 10.3. The first-order valence-corrected chi connectivity index (χ1v) is 6.10. The molecule has 0 bridgehead atoms. The van der Waals surface area contributed by atoms with Gasteiger partial charge < -0.3 is 4.74 Å². The highest BCUT2D eigenvalue weighted by molar-refractivity contribution is 5.28. The summed E-state index contributed by atoms with van der Waals surface area (Å²) in [6.07, 6.45) is 4.23.